The molecule has 36 heavy (non-hydrogen) atoms. The van der Waals surface area contributed by atoms with Crippen LogP contribution in [0.3, 0.4) is 0 Å². The van der Waals surface area contributed by atoms with Crippen molar-refractivity contribution < 1.29 is 14.3 Å². The lowest BCUT2D eigenvalue weighted by Crippen LogP contribution is -2.12. The maximum absolute atomic E-state index is 13.6. The summed E-state index contributed by atoms with van der Waals surface area (Å²) < 4.78 is 17.2. The molecule has 3 N–H and O–H groups in total. The first kappa shape index (κ1) is 22.7. The average Bonchev–Trinajstić information content (AvgIpc) is 3.47. The van der Waals surface area contributed by atoms with E-state index in [4.69, 9.17) is 0 Å². The molecule has 1 amide bonds. The van der Waals surface area contributed by atoms with E-state index in [1.807, 2.05) is 42.9 Å². The van der Waals surface area contributed by atoms with Crippen molar-refractivity contribution in [3.05, 3.63) is 102 Å². The summed E-state index contributed by atoms with van der Waals surface area (Å²) in [6, 6.07) is 12.7. The highest BCUT2D eigenvalue weighted by Gasteiger charge is 2.11. The molecule has 178 valence electrons. The number of aromatic hydroxyl groups is 1. The SMILES string of the molecule is Cc1ccc(C(=O)Nc2ccc(O)c(F)c2)cc1C#Cc1cnc2c(Nc3cnn(C)c3)cccn12. The molecular formula is C27H21FN6O2. The molecule has 0 unspecified atom stereocenters. The lowest BCUT2D eigenvalue weighted by Gasteiger charge is -2.07. The number of aryl methyl sites for hydroxylation is 2. The smallest absolute Gasteiger partial charge is 0.255 e. The van der Waals surface area contributed by atoms with Crippen LogP contribution in [-0.4, -0.2) is 30.2 Å². The van der Waals surface area contributed by atoms with Crippen molar-refractivity contribution in [2.75, 3.05) is 10.6 Å². The van der Waals surface area contributed by atoms with Crippen LogP contribution < -0.4 is 10.6 Å². The van der Waals surface area contributed by atoms with Gasteiger partial charge in [0.05, 0.1) is 23.8 Å². The first-order valence-electron chi connectivity index (χ1n) is 11.0. The molecule has 2 aromatic carbocycles. The quantitative estimate of drug-likeness (QED) is 0.258. The lowest BCUT2D eigenvalue weighted by atomic mass is 10.0. The number of phenolic OH excluding ortho intramolecular Hbond substituents is 1. The van der Waals surface area contributed by atoms with E-state index in [2.05, 4.69) is 32.6 Å². The fourth-order valence-electron chi connectivity index (χ4n) is 3.66. The number of aromatic nitrogens is 4. The van der Waals surface area contributed by atoms with Gasteiger partial charge in [0.15, 0.2) is 17.2 Å². The number of phenols is 1. The van der Waals surface area contributed by atoms with E-state index in [0.29, 0.717) is 16.8 Å². The Balaban J connectivity index is 1.40. The van der Waals surface area contributed by atoms with E-state index in [9.17, 15) is 14.3 Å². The molecule has 0 bridgehead atoms. The van der Waals surface area contributed by atoms with Crippen molar-refractivity contribution in [1.82, 2.24) is 19.2 Å². The van der Waals surface area contributed by atoms with Gasteiger partial charge in [-0.3, -0.25) is 13.9 Å². The third-order valence-electron chi connectivity index (χ3n) is 5.55. The predicted molar refractivity (Wildman–Crippen MR) is 135 cm³/mol. The molecule has 0 saturated heterocycles. The van der Waals surface area contributed by atoms with Crippen LogP contribution in [0, 0.1) is 24.6 Å². The zero-order chi connectivity index (χ0) is 25.2. The molecule has 0 aliphatic carbocycles. The number of hydrogen-bond donors (Lipinski definition) is 3. The van der Waals surface area contributed by atoms with Crippen molar-refractivity contribution in [2.24, 2.45) is 7.05 Å². The van der Waals surface area contributed by atoms with Crippen LogP contribution in [-0.2, 0) is 7.05 Å². The molecule has 0 aliphatic heterocycles. The van der Waals surface area contributed by atoms with Gasteiger partial charge in [0.25, 0.3) is 5.91 Å². The van der Waals surface area contributed by atoms with E-state index in [1.165, 1.54) is 12.1 Å². The van der Waals surface area contributed by atoms with Crippen LogP contribution in [0.5, 0.6) is 5.75 Å². The highest BCUT2D eigenvalue weighted by Crippen LogP contribution is 2.22. The summed E-state index contributed by atoms with van der Waals surface area (Å²) in [6.45, 7) is 1.91. The number of halogens is 1. The Bertz CT molecular complexity index is 1670. The number of fused-ring (bicyclic) bond motifs is 1. The zero-order valence-electron chi connectivity index (χ0n) is 19.5. The second-order valence-corrected chi connectivity index (χ2v) is 8.19. The van der Waals surface area contributed by atoms with Crippen molar-refractivity contribution in [3.63, 3.8) is 0 Å². The van der Waals surface area contributed by atoms with Gasteiger partial charge in [-0.25, -0.2) is 9.37 Å². The molecule has 0 spiro atoms. The number of carbonyl (C=O) groups is 1. The lowest BCUT2D eigenvalue weighted by molar-refractivity contribution is 0.102. The Morgan fingerprint density at radius 3 is 2.72 bits per heavy atom. The van der Waals surface area contributed by atoms with Gasteiger partial charge in [-0.1, -0.05) is 12.0 Å². The van der Waals surface area contributed by atoms with Gasteiger partial charge in [-0.05, 0) is 54.8 Å². The molecular weight excluding hydrogens is 459 g/mol. The number of nitrogens with zero attached hydrogens (tertiary/aromatic N) is 4. The number of rotatable bonds is 4. The summed E-state index contributed by atoms with van der Waals surface area (Å²) in [5.74, 6) is 4.58. The van der Waals surface area contributed by atoms with Crippen molar-refractivity contribution >= 4 is 28.6 Å². The largest absolute Gasteiger partial charge is 0.505 e. The summed E-state index contributed by atoms with van der Waals surface area (Å²) in [6.07, 6.45) is 7.19. The summed E-state index contributed by atoms with van der Waals surface area (Å²) in [5, 5.41) is 19.4. The molecule has 9 heteroatoms. The van der Waals surface area contributed by atoms with Gasteiger partial charge in [0.2, 0.25) is 0 Å². The Morgan fingerprint density at radius 2 is 1.94 bits per heavy atom. The predicted octanol–water partition coefficient (Wildman–Crippen LogP) is 4.62. The number of amides is 1. The van der Waals surface area contributed by atoms with Crippen LogP contribution >= 0.6 is 0 Å². The Labute approximate surface area is 206 Å². The van der Waals surface area contributed by atoms with Crippen LogP contribution in [0.25, 0.3) is 5.65 Å². The first-order chi connectivity index (χ1) is 17.4. The summed E-state index contributed by atoms with van der Waals surface area (Å²) >= 11 is 0. The van der Waals surface area contributed by atoms with E-state index < -0.39 is 17.5 Å². The van der Waals surface area contributed by atoms with E-state index in [1.54, 1.807) is 35.3 Å². The summed E-state index contributed by atoms with van der Waals surface area (Å²) in [7, 11) is 1.85. The number of anilines is 3. The third kappa shape index (κ3) is 4.60. The molecule has 0 atom stereocenters. The fraction of sp³-hybridized carbons (Fsp3) is 0.0741. The van der Waals surface area contributed by atoms with Crippen LogP contribution in [0.2, 0.25) is 0 Å². The minimum Gasteiger partial charge on any atom is -0.505 e. The molecule has 8 nitrogen and oxygen atoms in total. The number of pyridine rings is 1. The summed E-state index contributed by atoms with van der Waals surface area (Å²) in [4.78, 5) is 17.2. The van der Waals surface area contributed by atoms with Crippen LogP contribution in [0.1, 0.15) is 27.2 Å². The topological polar surface area (TPSA) is 96.5 Å². The van der Waals surface area contributed by atoms with Gasteiger partial charge >= 0.3 is 0 Å². The van der Waals surface area contributed by atoms with Crippen molar-refractivity contribution in [1.29, 1.82) is 0 Å². The molecule has 0 radical (unpaired) electrons. The van der Waals surface area contributed by atoms with Gasteiger partial charge in [0.1, 0.15) is 5.69 Å². The van der Waals surface area contributed by atoms with Crippen LogP contribution in [0.4, 0.5) is 21.5 Å². The third-order valence-corrected chi connectivity index (χ3v) is 5.55. The monoisotopic (exact) mass is 480 g/mol. The van der Waals surface area contributed by atoms with Gasteiger partial charge in [0, 0.05) is 42.3 Å². The number of benzene rings is 2. The Morgan fingerprint density at radius 1 is 1.08 bits per heavy atom. The second-order valence-electron chi connectivity index (χ2n) is 8.19. The maximum atomic E-state index is 13.6. The molecule has 5 aromatic rings. The summed E-state index contributed by atoms with van der Waals surface area (Å²) in [5.41, 5.74) is 5.28. The number of nitrogens with one attached hydrogen (secondary N) is 2. The fourth-order valence-corrected chi connectivity index (χ4v) is 3.66. The van der Waals surface area contributed by atoms with Crippen LogP contribution in [0.15, 0.2) is 73.3 Å². The maximum Gasteiger partial charge on any atom is 0.255 e. The molecule has 0 aliphatic rings. The van der Waals surface area contributed by atoms with E-state index in [-0.39, 0.29) is 5.69 Å². The number of hydrogen-bond acceptors (Lipinski definition) is 5. The first-order valence-corrected chi connectivity index (χ1v) is 11.0. The highest BCUT2D eigenvalue weighted by molar-refractivity contribution is 6.04. The Hall–Kier alpha value is -5.10. The number of imidazole rings is 1. The normalized spacial score (nSPS) is 10.6. The standard InChI is InChI=1S/C27H21FN6O2/c1-17-5-6-19(27(36)32-20-8-10-25(35)23(28)13-20)12-18(17)7-9-22-15-29-26-24(4-3-11-34(22)26)31-21-14-30-33(2)16-21/h3-6,8,10-16,31,35H,1-2H3,(H,32,36). The Kier molecular flexibility index (Phi) is 5.84. The number of carbonyl (C=O) groups excluding carboxylic acids is 1. The van der Waals surface area contributed by atoms with Gasteiger partial charge in [-0.2, -0.15) is 5.10 Å². The van der Waals surface area contributed by atoms with E-state index >= 15 is 0 Å². The average molecular weight is 481 g/mol. The molecule has 3 aromatic heterocycles. The minimum absolute atomic E-state index is 0.241. The molecule has 3 heterocycles. The van der Waals surface area contributed by atoms with Gasteiger partial charge < -0.3 is 15.7 Å². The van der Waals surface area contributed by atoms with E-state index in [0.717, 1.165) is 28.7 Å². The second kappa shape index (κ2) is 9.27. The highest BCUT2D eigenvalue weighted by atomic mass is 19.1. The van der Waals surface area contributed by atoms with Gasteiger partial charge in [-0.15, -0.1) is 0 Å². The minimum atomic E-state index is -0.810. The molecule has 0 fully saturated rings. The molecule has 0 saturated carbocycles. The van der Waals surface area contributed by atoms with Crippen molar-refractivity contribution in [3.8, 4) is 17.6 Å². The molecule has 5 rings (SSSR count). The zero-order valence-corrected chi connectivity index (χ0v) is 19.5. The van der Waals surface area contributed by atoms with Crippen molar-refractivity contribution in [2.45, 2.75) is 6.92 Å².